The lowest BCUT2D eigenvalue weighted by atomic mass is 10.4. The Morgan fingerprint density at radius 1 is 1.57 bits per heavy atom. The van der Waals surface area contributed by atoms with Gasteiger partial charge in [-0.05, 0) is 0 Å². The zero-order valence-electron chi connectivity index (χ0n) is 7.93. The molecule has 0 saturated carbocycles. The highest BCUT2D eigenvalue weighted by Crippen LogP contribution is 2.31. The second kappa shape index (κ2) is 4.65. The predicted octanol–water partition coefficient (Wildman–Crippen LogP) is 0.296. The van der Waals surface area contributed by atoms with Gasteiger partial charge in [0.05, 0.1) is 24.9 Å². The van der Waals surface area contributed by atoms with Crippen LogP contribution in [0.3, 0.4) is 0 Å². The molecular formula is C8H15N3OS2. The maximum absolute atomic E-state index is 5.71. The standard InChI is InChI=1S/C8H15N3OS2/c9-7-5-11(8(13)14-7)6-10-1-3-12-4-2-10/h5,8,13H,1-4,6,9H2. The zero-order chi connectivity index (χ0) is 9.97. The highest BCUT2D eigenvalue weighted by atomic mass is 32.2. The fourth-order valence-electron chi connectivity index (χ4n) is 1.53. The lowest BCUT2D eigenvalue weighted by Gasteiger charge is -2.32. The van der Waals surface area contributed by atoms with Gasteiger partial charge in [0.1, 0.15) is 4.71 Å². The Labute approximate surface area is 93.8 Å². The van der Waals surface area contributed by atoms with Crippen molar-refractivity contribution in [1.82, 2.24) is 9.80 Å². The van der Waals surface area contributed by atoms with Crippen LogP contribution in [-0.4, -0.2) is 47.5 Å². The highest BCUT2D eigenvalue weighted by Gasteiger charge is 2.23. The lowest BCUT2D eigenvalue weighted by molar-refractivity contribution is 0.0202. The molecule has 2 N–H and O–H groups in total. The molecule has 0 aromatic rings. The molecule has 6 heteroatoms. The smallest absolute Gasteiger partial charge is 0.126 e. The van der Waals surface area contributed by atoms with Gasteiger partial charge >= 0.3 is 0 Å². The van der Waals surface area contributed by atoms with E-state index in [9.17, 15) is 0 Å². The van der Waals surface area contributed by atoms with E-state index >= 15 is 0 Å². The minimum absolute atomic E-state index is 0.165. The fraction of sp³-hybridized carbons (Fsp3) is 0.750. The molecule has 4 nitrogen and oxygen atoms in total. The number of thiol groups is 1. The average molecular weight is 233 g/mol. The summed E-state index contributed by atoms with van der Waals surface area (Å²) in [6.45, 7) is 4.55. The van der Waals surface area contributed by atoms with Crippen molar-refractivity contribution in [3.63, 3.8) is 0 Å². The normalized spacial score (nSPS) is 29.4. The van der Waals surface area contributed by atoms with E-state index in [1.807, 2.05) is 6.20 Å². The molecule has 0 aromatic carbocycles. The topological polar surface area (TPSA) is 41.7 Å². The second-order valence-electron chi connectivity index (χ2n) is 3.36. The van der Waals surface area contributed by atoms with E-state index in [1.54, 1.807) is 11.8 Å². The Morgan fingerprint density at radius 2 is 2.29 bits per heavy atom. The van der Waals surface area contributed by atoms with Crippen LogP contribution in [-0.2, 0) is 4.74 Å². The van der Waals surface area contributed by atoms with Crippen LogP contribution in [0.25, 0.3) is 0 Å². The van der Waals surface area contributed by atoms with E-state index in [2.05, 4.69) is 22.4 Å². The average Bonchev–Trinajstić information content (AvgIpc) is 2.47. The number of nitrogens with two attached hydrogens (primary N) is 1. The summed E-state index contributed by atoms with van der Waals surface area (Å²) in [7, 11) is 0. The molecule has 1 atom stereocenters. The van der Waals surface area contributed by atoms with Crippen molar-refractivity contribution < 1.29 is 4.74 Å². The second-order valence-corrected chi connectivity index (χ2v) is 5.35. The molecule has 0 amide bonds. The number of thioether (sulfide) groups is 1. The van der Waals surface area contributed by atoms with Gasteiger partial charge in [-0.1, -0.05) is 11.8 Å². The maximum Gasteiger partial charge on any atom is 0.126 e. The van der Waals surface area contributed by atoms with E-state index in [0.29, 0.717) is 0 Å². The van der Waals surface area contributed by atoms with Crippen LogP contribution in [0.15, 0.2) is 11.2 Å². The van der Waals surface area contributed by atoms with Crippen LogP contribution in [0, 0.1) is 0 Å². The van der Waals surface area contributed by atoms with Crippen LogP contribution < -0.4 is 5.73 Å². The minimum atomic E-state index is 0.165. The number of morpholine rings is 1. The molecule has 1 saturated heterocycles. The summed E-state index contributed by atoms with van der Waals surface area (Å²) in [6, 6.07) is 0. The van der Waals surface area contributed by atoms with E-state index in [4.69, 9.17) is 10.5 Å². The van der Waals surface area contributed by atoms with Crippen molar-refractivity contribution in [2.24, 2.45) is 5.73 Å². The molecule has 2 aliphatic rings. The van der Waals surface area contributed by atoms with Crippen molar-refractivity contribution in [1.29, 1.82) is 0 Å². The third-order valence-electron chi connectivity index (χ3n) is 2.29. The van der Waals surface area contributed by atoms with Crippen LogP contribution in [0.2, 0.25) is 0 Å². The van der Waals surface area contributed by atoms with Gasteiger partial charge in [0.15, 0.2) is 0 Å². The molecule has 1 unspecified atom stereocenters. The van der Waals surface area contributed by atoms with Crippen LogP contribution in [0.4, 0.5) is 0 Å². The first-order chi connectivity index (χ1) is 6.75. The molecule has 0 aliphatic carbocycles. The van der Waals surface area contributed by atoms with E-state index < -0.39 is 0 Å². The number of ether oxygens (including phenoxy) is 1. The van der Waals surface area contributed by atoms with Gasteiger partial charge < -0.3 is 15.4 Å². The Balaban J connectivity index is 1.84. The van der Waals surface area contributed by atoms with E-state index in [-0.39, 0.29) is 4.71 Å². The van der Waals surface area contributed by atoms with Gasteiger partial charge in [0.2, 0.25) is 0 Å². The van der Waals surface area contributed by atoms with Gasteiger partial charge in [-0.3, -0.25) is 4.90 Å². The quantitative estimate of drug-likeness (QED) is 0.671. The Kier molecular flexibility index (Phi) is 3.48. The number of hydrogen-bond donors (Lipinski definition) is 2. The summed E-state index contributed by atoms with van der Waals surface area (Å²) in [4.78, 5) is 4.50. The molecule has 2 aliphatic heterocycles. The summed E-state index contributed by atoms with van der Waals surface area (Å²) >= 11 is 6.03. The zero-order valence-corrected chi connectivity index (χ0v) is 9.64. The van der Waals surface area contributed by atoms with Crippen molar-refractivity contribution in [2.45, 2.75) is 4.71 Å². The number of nitrogens with zero attached hydrogens (tertiary/aromatic N) is 2. The van der Waals surface area contributed by atoms with E-state index in [1.165, 1.54) is 0 Å². The molecule has 0 spiro atoms. The number of hydrogen-bond acceptors (Lipinski definition) is 6. The first-order valence-corrected chi connectivity index (χ1v) is 6.03. The first kappa shape index (κ1) is 10.5. The first-order valence-electron chi connectivity index (χ1n) is 4.63. The van der Waals surface area contributed by atoms with Crippen molar-refractivity contribution >= 4 is 24.4 Å². The summed E-state index contributed by atoms with van der Waals surface area (Å²) in [5.74, 6) is 0. The number of rotatable bonds is 2. The largest absolute Gasteiger partial charge is 0.392 e. The van der Waals surface area contributed by atoms with Crippen molar-refractivity contribution in [3.05, 3.63) is 11.2 Å². The molecular weight excluding hydrogens is 218 g/mol. The van der Waals surface area contributed by atoms with E-state index in [0.717, 1.165) is 38.0 Å². The third kappa shape index (κ3) is 2.50. The van der Waals surface area contributed by atoms with Crippen LogP contribution in [0.1, 0.15) is 0 Å². The Bertz CT molecular complexity index is 231. The monoisotopic (exact) mass is 233 g/mol. The lowest BCUT2D eigenvalue weighted by Crippen LogP contribution is -2.43. The highest BCUT2D eigenvalue weighted by molar-refractivity contribution is 8.13. The molecule has 0 bridgehead atoms. The van der Waals surface area contributed by atoms with Crippen LogP contribution in [0.5, 0.6) is 0 Å². The molecule has 14 heavy (non-hydrogen) atoms. The summed E-state index contributed by atoms with van der Waals surface area (Å²) < 4.78 is 5.45. The fourth-order valence-corrected chi connectivity index (χ4v) is 2.74. The van der Waals surface area contributed by atoms with Gasteiger partial charge in [-0.15, -0.1) is 12.6 Å². The Morgan fingerprint density at radius 3 is 2.86 bits per heavy atom. The molecule has 0 radical (unpaired) electrons. The third-order valence-corrected chi connectivity index (χ3v) is 3.76. The van der Waals surface area contributed by atoms with Gasteiger partial charge in [0.25, 0.3) is 0 Å². The molecule has 1 fully saturated rings. The molecule has 0 aromatic heterocycles. The predicted molar refractivity (Wildman–Crippen MR) is 61.7 cm³/mol. The summed E-state index contributed by atoms with van der Waals surface area (Å²) in [5, 5.41) is 0.846. The van der Waals surface area contributed by atoms with Gasteiger partial charge in [-0.25, -0.2) is 0 Å². The SMILES string of the molecule is NC1=CN(CN2CCOCC2)C(S)S1. The molecule has 2 rings (SSSR count). The Hall–Kier alpha value is -0.0400. The van der Waals surface area contributed by atoms with Crippen LogP contribution >= 0.6 is 24.4 Å². The molecule has 80 valence electrons. The van der Waals surface area contributed by atoms with Gasteiger partial charge in [0, 0.05) is 19.3 Å². The minimum Gasteiger partial charge on any atom is -0.392 e. The molecule has 2 heterocycles. The van der Waals surface area contributed by atoms with Crippen molar-refractivity contribution in [3.8, 4) is 0 Å². The summed E-state index contributed by atoms with van der Waals surface area (Å²) in [6.07, 6.45) is 1.97. The summed E-state index contributed by atoms with van der Waals surface area (Å²) in [5.41, 5.74) is 5.71. The van der Waals surface area contributed by atoms with Crippen molar-refractivity contribution in [2.75, 3.05) is 33.0 Å². The maximum atomic E-state index is 5.71. The van der Waals surface area contributed by atoms with Gasteiger partial charge in [-0.2, -0.15) is 0 Å².